The number of hydrogen-bond acceptors (Lipinski definition) is 4. The Morgan fingerprint density at radius 2 is 1.88 bits per heavy atom. The lowest BCUT2D eigenvalue weighted by Crippen LogP contribution is -2.45. The Hall–Kier alpha value is -2.89. The number of likely N-dealkylation sites (tertiary alicyclic amines) is 1. The van der Waals surface area contributed by atoms with Crippen molar-refractivity contribution >= 4 is 28.6 Å². The molecule has 0 saturated carbocycles. The van der Waals surface area contributed by atoms with Gasteiger partial charge in [0.15, 0.2) is 6.61 Å². The zero-order valence-corrected chi connectivity index (χ0v) is 13.8. The van der Waals surface area contributed by atoms with Gasteiger partial charge in [-0.05, 0) is 29.7 Å². The van der Waals surface area contributed by atoms with Gasteiger partial charge in [0.05, 0.1) is 11.5 Å². The minimum Gasteiger partial charge on any atom is -0.452 e. The highest BCUT2D eigenvalue weighted by molar-refractivity contribution is 6.04. The van der Waals surface area contributed by atoms with Crippen LogP contribution in [0.2, 0.25) is 0 Å². The molecule has 1 aliphatic heterocycles. The van der Waals surface area contributed by atoms with E-state index in [0.29, 0.717) is 25.1 Å². The Kier molecular flexibility index (Phi) is 4.97. The van der Waals surface area contributed by atoms with Crippen LogP contribution in [0.5, 0.6) is 0 Å². The van der Waals surface area contributed by atoms with Crippen LogP contribution in [0.15, 0.2) is 42.5 Å². The predicted molar refractivity (Wildman–Crippen MR) is 92.7 cm³/mol. The van der Waals surface area contributed by atoms with E-state index in [9.17, 15) is 14.4 Å². The Labute approximate surface area is 145 Å². The SMILES string of the molecule is NC(=O)[C@@H]1CCCN(C(=O)COC(=O)c2cccc3ccccc23)C1. The second-order valence-electron chi connectivity index (χ2n) is 6.18. The second-order valence-corrected chi connectivity index (χ2v) is 6.18. The van der Waals surface area contributed by atoms with Gasteiger partial charge in [-0.2, -0.15) is 0 Å². The molecule has 6 nitrogen and oxygen atoms in total. The lowest BCUT2D eigenvalue weighted by atomic mass is 9.97. The Bertz CT molecular complexity index is 813. The van der Waals surface area contributed by atoms with Gasteiger partial charge in [-0.1, -0.05) is 36.4 Å². The molecule has 2 N–H and O–H groups in total. The van der Waals surface area contributed by atoms with Crippen molar-refractivity contribution in [3.05, 3.63) is 48.0 Å². The van der Waals surface area contributed by atoms with Gasteiger partial charge in [0, 0.05) is 13.1 Å². The number of amides is 2. The largest absolute Gasteiger partial charge is 0.452 e. The normalized spacial score (nSPS) is 17.3. The van der Waals surface area contributed by atoms with Crippen LogP contribution in [-0.4, -0.2) is 42.4 Å². The van der Waals surface area contributed by atoms with E-state index in [2.05, 4.69) is 0 Å². The average molecular weight is 340 g/mol. The van der Waals surface area contributed by atoms with Crippen molar-refractivity contribution in [1.82, 2.24) is 4.90 Å². The summed E-state index contributed by atoms with van der Waals surface area (Å²) in [6.45, 7) is 0.502. The van der Waals surface area contributed by atoms with Gasteiger partial charge in [0.1, 0.15) is 0 Å². The van der Waals surface area contributed by atoms with E-state index in [-0.39, 0.29) is 18.4 Å². The molecule has 1 fully saturated rings. The molecule has 0 aromatic heterocycles. The quantitative estimate of drug-likeness (QED) is 0.858. The van der Waals surface area contributed by atoms with Crippen LogP contribution in [-0.2, 0) is 14.3 Å². The third kappa shape index (κ3) is 3.79. The number of carbonyl (C=O) groups excluding carboxylic acids is 3. The summed E-state index contributed by atoms with van der Waals surface area (Å²) in [5, 5.41) is 1.72. The highest BCUT2D eigenvalue weighted by atomic mass is 16.5. The van der Waals surface area contributed by atoms with Gasteiger partial charge in [-0.3, -0.25) is 9.59 Å². The molecule has 1 aliphatic rings. The van der Waals surface area contributed by atoms with Gasteiger partial charge in [-0.25, -0.2) is 4.79 Å². The number of ether oxygens (including phenoxy) is 1. The number of rotatable bonds is 4. The molecule has 0 bridgehead atoms. The van der Waals surface area contributed by atoms with E-state index >= 15 is 0 Å². The monoisotopic (exact) mass is 340 g/mol. The number of nitrogens with two attached hydrogens (primary N) is 1. The van der Waals surface area contributed by atoms with Crippen LogP contribution in [0.3, 0.4) is 0 Å². The maximum atomic E-state index is 12.4. The van der Waals surface area contributed by atoms with Gasteiger partial charge >= 0.3 is 5.97 Å². The van der Waals surface area contributed by atoms with Crippen LogP contribution in [0.4, 0.5) is 0 Å². The molecule has 0 radical (unpaired) electrons. The van der Waals surface area contributed by atoms with Crippen molar-refractivity contribution in [2.45, 2.75) is 12.8 Å². The lowest BCUT2D eigenvalue weighted by molar-refractivity contribution is -0.137. The molecular formula is C19H20N2O4. The van der Waals surface area contributed by atoms with E-state index in [1.54, 1.807) is 12.1 Å². The Morgan fingerprint density at radius 3 is 2.68 bits per heavy atom. The molecule has 1 atom stereocenters. The Morgan fingerprint density at radius 1 is 1.12 bits per heavy atom. The van der Waals surface area contributed by atoms with Gasteiger partial charge in [-0.15, -0.1) is 0 Å². The van der Waals surface area contributed by atoms with Crippen molar-refractivity contribution < 1.29 is 19.1 Å². The first-order valence-electron chi connectivity index (χ1n) is 8.28. The minimum absolute atomic E-state index is 0.292. The minimum atomic E-state index is -0.534. The summed E-state index contributed by atoms with van der Waals surface area (Å²) in [4.78, 5) is 37.4. The molecule has 130 valence electrons. The third-order valence-electron chi connectivity index (χ3n) is 4.51. The highest BCUT2D eigenvalue weighted by Crippen LogP contribution is 2.20. The molecule has 1 heterocycles. The summed E-state index contributed by atoms with van der Waals surface area (Å²) in [7, 11) is 0. The molecule has 0 unspecified atom stereocenters. The summed E-state index contributed by atoms with van der Waals surface area (Å²) in [6.07, 6.45) is 1.41. The molecule has 1 saturated heterocycles. The molecule has 2 aromatic carbocycles. The van der Waals surface area contributed by atoms with Crippen molar-refractivity contribution in [1.29, 1.82) is 0 Å². The van der Waals surface area contributed by atoms with Gasteiger partial charge < -0.3 is 15.4 Å². The molecule has 2 aromatic rings. The first kappa shape index (κ1) is 17.0. The van der Waals surface area contributed by atoms with Crippen LogP contribution in [0.25, 0.3) is 10.8 Å². The summed E-state index contributed by atoms with van der Waals surface area (Å²) in [6, 6.07) is 12.9. The molecule has 2 amide bonds. The van der Waals surface area contributed by atoms with E-state index in [0.717, 1.165) is 17.2 Å². The maximum absolute atomic E-state index is 12.4. The number of carbonyl (C=O) groups is 3. The molecule has 6 heteroatoms. The van der Waals surface area contributed by atoms with E-state index in [4.69, 9.17) is 10.5 Å². The summed E-state index contributed by atoms with van der Waals surface area (Å²) in [5.74, 6) is -1.56. The van der Waals surface area contributed by atoms with Crippen molar-refractivity contribution in [2.24, 2.45) is 11.7 Å². The summed E-state index contributed by atoms with van der Waals surface area (Å²) in [5.41, 5.74) is 5.75. The van der Waals surface area contributed by atoms with Gasteiger partial charge in [0.25, 0.3) is 5.91 Å². The molecule has 3 rings (SSSR count). The predicted octanol–water partition coefficient (Wildman–Crippen LogP) is 1.72. The number of primary amides is 1. The Balaban J connectivity index is 1.63. The van der Waals surface area contributed by atoms with Crippen LogP contribution < -0.4 is 5.73 Å². The van der Waals surface area contributed by atoms with Crippen molar-refractivity contribution in [3.8, 4) is 0 Å². The fourth-order valence-electron chi connectivity index (χ4n) is 3.14. The van der Waals surface area contributed by atoms with E-state index in [1.807, 2.05) is 30.3 Å². The van der Waals surface area contributed by atoms with E-state index < -0.39 is 11.9 Å². The number of fused-ring (bicyclic) bond motifs is 1. The van der Waals surface area contributed by atoms with Crippen LogP contribution >= 0.6 is 0 Å². The fourth-order valence-corrected chi connectivity index (χ4v) is 3.14. The molecule has 0 spiro atoms. The highest BCUT2D eigenvalue weighted by Gasteiger charge is 2.27. The smallest absolute Gasteiger partial charge is 0.339 e. The molecule has 0 aliphatic carbocycles. The second kappa shape index (κ2) is 7.34. The number of benzene rings is 2. The lowest BCUT2D eigenvalue weighted by Gasteiger charge is -2.31. The topological polar surface area (TPSA) is 89.7 Å². The van der Waals surface area contributed by atoms with E-state index in [1.165, 1.54) is 4.90 Å². The average Bonchev–Trinajstić information content (AvgIpc) is 2.65. The molecule has 25 heavy (non-hydrogen) atoms. The van der Waals surface area contributed by atoms with Crippen molar-refractivity contribution in [3.63, 3.8) is 0 Å². The van der Waals surface area contributed by atoms with Gasteiger partial charge in [0.2, 0.25) is 5.91 Å². The van der Waals surface area contributed by atoms with Crippen LogP contribution in [0, 0.1) is 5.92 Å². The fraction of sp³-hybridized carbons (Fsp3) is 0.316. The summed E-state index contributed by atoms with van der Waals surface area (Å²) >= 11 is 0. The van der Waals surface area contributed by atoms with Crippen molar-refractivity contribution in [2.75, 3.05) is 19.7 Å². The molecular weight excluding hydrogens is 320 g/mol. The first-order valence-corrected chi connectivity index (χ1v) is 8.28. The number of nitrogens with zero attached hydrogens (tertiary/aromatic N) is 1. The number of esters is 1. The van der Waals surface area contributed by atoms with Crippen LogP contribution in [0.1, 0.15) is 23.2 Å². The zero-order chi connectivity index (χ0) is 17.8. The maximum Gasteiger partial charge on any atom is 0.339 e. The zero-order valence-electron chi connectivity index (χ0n) is 13.8. The first-order chi connectivity index (χ1) is 12.1. The standard InChI is InChI=1S/C19H20N2O4/c20-18(23)14-7-4-10-21(11-14)17(22)12-25-19(24)16-9-3-6-13-5-1-2-8-15(13)16/h1-3,5-6,8-9,14H,4,7,10-12H2,(H2,20,23)/t14-/m1/s1. The number of hydrogen-bond donors (Lipinski definition) is 1. The number of piperidine rings is 1. The third-order valence-corrected chi connectivity index (χ3v) is 4.51. The summed E-state index contributed by atoms with van der Waals surface area (Å²) < 4.78 is 5.20.